The molecule has 1 aromatic rings. The molecule has 0 aromatic heterocycles. The summed E-state index contributed by atoms with van der Waals surface area (Å²) in [5, 5.41) is 9.54. The molecule has 1 aliphatic heterocycles. The van der Waals surface area contributed by atoms with Crippen LogP contribution >= 0.6 is 0 Å². The maximum Gasteiger partial charge on any atom is 0.225 e. The van der Waals surface area contributed by atoms with Gasteiger partial charge in [0.1, 0.15) is 0 Å². The van der Waals surface area contributed by atoms with Crippen molar-refractivity contribution < 1.29 is 9.90 Å². The van der Waals surface area contributed by atoms with Crippen molar-refractivity contribution in [2.45, 2.75) is 63.9 Å². The fourth-order valence-electron chi connectivity index (χ4n) is 4.10. The van der Waals surface area contributed by atoms with Crippen molar-refractivity contribution in [1.82, 2.24) is 4.90 Å². The third-order valence-corrected chi connectivity index (χ3v) is 5.78. The summed E-state index contributed by atoms with van der Waals surface area (Å²) in [7, 11) is 0. The number of aliphatic hydroxyl groups is 1. The Morgan fingerprint density at radius 3 is 2.46 bits per heavy atom. The van der Waals surface area contributed by atoms with E-state index in [2.05, 4.69) is 30.3 Å². The van der Waals surface area contributed by atoms with Gasteiger partial charge in [0, 0.05) is 19.0 Å². The van der Waals surface area contributed by atoms with Crippen molar-refractivity contribution in [3.63, 3.8) is 0 Å². The summed E-state index contributed by atoms with van der Waals surface area (Å²) in [6.45, 7) is 1.50. The van der Waals surface area contributed by atoms with Crippen molar-refractivity contribution in [2.75, 3.05) is 13.1 Å². The lowest BCUT2D eigenvalue weighted by molar-refractivity contribution is -0.142. The van der Waals surface area contributed by atoms with Crippen LogP contribution in [0.15, 0.2) is 30.3 Å². The number of unbranched alkanes of at least 4 members (excludes halogenated alkanes) is 2. The van der Waals surface area contributed by atoms with Crippen molar-refractivity contribution >= 4 is 5.91 Å². The smallest absolute Gasteiger partial charge is 0.225 e. The summed E-state index contributed by atoms with van der Waals surface area (Å²) in [5.41, 5.74) is 1.44. The molecule has 0 bridgehead atoms. The van der Waals surface area contributed by atoms with Crippen LogP contribution in [0.1, 0.15) is 56.9 Å². The quantitative estimate of drug-likeness (QED) is 0.773. The Labute approximate surface area is 146 Å². The third kappa shape index (κ3) is 4.83. The first-order valence-electron chi connectivity index (χ1n) is 9.73. The number of piperidine rings is 1. The standard InChI is InChI=1S/C21H31NO2/c23-20-11-13-22(14-12-20)21(24)19-15-18(16-19)10-6-2-5-9-17-7-3-1-4-8-17/h1,3-4,7-8,18-20,23H,2,5-6,9-16H2. The molecule has 2 fully saturated rings. The van der Waals surface area contributed by atoms with Crippen LogP contribution in [0.3, 0.4) is 0 Å². The van der Waals surface area contributed by atoms with Crippen LogP contribution in [-0.2, 0) is 11.2 Å². The van der Waals surface area contributed by atoms with Gasteiger partial charge in [-0.05, 0) is 50.0 Å². The topological polar surface area (TPSA) is 40.5 Å². The second-order valence-electron chi connectivity index (χ2n) is 7.68. The molecule has 24 heavy (non-hydrogen) atoms. The first-order chi connectivity index (χ1) is 11.7. The zero-order chi connectivity index (χ0) is 16.8. The van der Waals surface area contributed by atoms with Crippen molar-refractivity contribution in [3.05, 3.63) is 35.9 Å². The molecule has 0 radical (unpaired) electrons. The zero-order valence-electron chi connectivity index (χ0n) is 14.7. The van der Waals surface area contributed by atoms with E-state index < -0.39 is 0 Å². The van der Waals surface area contributed by atoms with Crippen molar-refractivity contribution in [1.29, 1.82) is 0 Å². The number of hydrogen-bond donors (Lipinski definition) is 1. The van der Waals surface area contributed by atoms with E-state index in [4.69, 9.17) is 0 Å². The summed E-state index contributed by atoms with van der Waals surface area (Å²) < 4.78 is 0. The minimum atomic E-state index is -0.195. The summed E-state index contributed by atoms with van der Waals surface area (Å²) in [5.74, 6) is 1.39. The van der Waals surface area contributed by atoms with E-state index in [9.17, 15) is 9.90 Å². The summed E-state index contributed by atoms with van der Waals surface area (Å²) in [6.07, 6.45) is 9.85. The maximum atomic E-state index is 12.4. The van der Waals surface area contributed by atoms with E-state index in [1.165, 1.54) is 37.7 Å². The van der Waals surface area contributed by atoms with Gasteiger partial charge in [-0.3, -0.25) is 4.79 Å². The Bertz CT molecular complexity index is 502. The predicted octanol–water partition coefficient (Wildman–Crippen LogP) is 3.80. The largest absolute Gasteiger partial charge is 0.393 e. The molecule has 132 valence electrons. The van der Waals surface area contributed by atoms with Gasteiger partial charge < -0.3 is 10.0 Å². The Kier molecular flexibility index (Phi) is 6.30. The maximum absolute atomic E-state index is 12.4. The number of aryl methyl sites for hydroxylation is 1. The van der Waals surface area contributed by atoms with Crippen LogP contribution in [0.5, 0.6) is 0 Å². The van der Waals surface area contributed by atoms with Crippen LogP contribution in [0.25, 0.3) is 0 Å². The summed E-state index contributed by atoms with van der Waals surface area (Å²) in [6, 6.07) is 10.7. The minimum absolute atomic E-state index is 0.195. The number of amides is 1. The predicted molar refractivity (Wildman–Crippen MR) is 96.6 cm³/mol. The SMILES string of the molecule is O=C(C1CC(CCCCCc2ccccc2)C1)N1CCC(O)CC1. The van der Waals surface area contributed by atoms with Crippen LogP contribution in [0.4, 0.5) is 0 Å². The van der Waals surface area contributed by atoms with Gasteiger partial charge in [0.15, 0.2) is 0 Å². The Hall–Kier alpha value is -1.35. The molecular formula is C21H31NO2. The second kappa shape index (κ2) is 8.66. The number of carbonyl (C=O) groups is 1. The fourth-order valence-corrected chi connectivity index (χ4v) is 4.10. The van der Waals surface area contributed by atoms with E-state index in [0.717, 1.165) is 44.7 Å². The highest BCUT2D eigenvalue weighted by atomic mass is 16.3. The van der Waals surface area contributed by atoms with E-state index in [-0.39, 0.29) is 12.0 Å². The lowest BCUT2D eigenvalue weighted by atomic mass is 9.71. The number of benzene rings is 1. The Morgan fingerprint density at radius 2 is 1.75 bits per heavy atom. The lowest BCUT2D eigenvalue weighted by Gasteiger charge is -2.39. The second-order valence-corrected chi connectivity index (χ2v) is 7.68. The molecule has 0 unspecified atom stereocenters. The number of hydrogen-bond acceptors (Lipinski definition) is 2. The highest BCUT2D eigenvalue weighted by Gasteiger charge is 2.37. The normalized spacial score (nSPS) is 24.6. The zero-order valence-corrected chi connectivity index (χ0v) is 14.7. The van der Waals surface area contributed by atoms with Gasteiger partial charge in [-0.2, -0.15) is 0 Å². The third-order valence-electron chi connectivity index (χ3n) is 5.78. The van der Waals surface area contributed by atoms with Gasteiger partial charge in [0.25, 0.3) is 0 Å². The molecule has 1 heterocycles. The van der Waals surface area contributed by atoms with Crippen molar-refractivity contribution in [3.8, 4) is 0 Å². The highest BCUT2D eigenvalue weighted by molar-refractivity contribution is 5.79. The van der Waals surface area contributed by atoms with Gasteiger partial charge in [-0.1, -0.05) is 49.6 Å². The molecule has 1 N–H and O–H groups in total. The average Bonchev–Trinajstić information content (AvgIpc) is 2.57. The van der Waals surface area contributed by atoms with E-state index in [0.29, 0.717) is 5.91 Å². The van der Waals surface area contributed by atoms with Crippen molar-refractivity contribution in [2.24, 2.45) is 11.8 Å². The minimum Gasteiger partial charge on any atom is -0.393 e. The van der Waals surface area contributed by atoms with E-state index >= 15 is 0 Å². The Morgan fingerprint density at radius 1 is 1.04 bits per heavy atom. The van der Waals surface area contributed by atoms with Crippen LogP contribution in [-0.4, -0.2) is 35.1 Å². The fraction of sp³-hybridized carbons (Fsp3) is 0.667. The number of carbonyl (C=O) groups excluding carboxylic acids is 1. The first-order valence-corrected chi connectivity index (χ1v) is 9.73. The van der Waals surface area contributed by atoms with Gasteiger partial charge in [0.2, 0.25) is 5.91 Å². The highest BCUT2D eigenvalue weighted by Crippen LogP contribution is 2.38. The Balaban J connectivity index is 1.24. The van der Waals surface area contributed by atoms with Crippen LogP contribution in [0, 0.1) is 11.8 Å². The molecule has 3 heteroatoms. The number of rotatable bonds is 7. The number of likely N-dealkylation sites (tertiary alicyclic amines) is 1. The summed E-state index contributed by atoms with van der Waals surface area (Å²) in [4.78, 5) is 14.4. The molecule has 1 aliphatic carbocycles. The van der Waals surface area contributed by atoms with Gasteiger partial charge in [-0.15, -0.1) is 0 Å². The molecular weight excluding hydrogens is 298 g/mol. The molecule has 1 aromatic carbocycles. The average molecular weight is 329 g/mol. The molecule has 3 rings (SSSR count). The molecule has 3 nitrogen and oxygen atoms in total. The van der Waals surface area contributed by atoms with E-state index in [1.54, 1.807) is 0 Å². The van der Waals surface area contributed by atoms with Crippen LogP contribution < -0.4 is 0 Å². The molecule has 0 atom stereocenters. The van der Waals surface area contributed by atoms with Gasteiger partial charge in [-0.25, -0.2) is 0 Å². The van der Waals surface area contributed by atoms with Crippen LogP contribution in [0.2, 0.25) is 0 Å². The molecule has 1 saturated heterocycles. The lowest BCUT2D eigenvalue weighted by Crippen LogP contribution is -2.46. The molecule has 2 aliphatic rings. The first kappa shape index (κ1) is 17.5. The molecule has 0 spiro atoms. The molecule has 1 amide bonds. The number of nitrogens with zero attached hydrogens (tertiary/aromatic N) is 1. The monoisotopic (exact) mass is 329 g/mol. The number of aliphatic hydroxyl groups excluding tert-OH is 1. The van der Waals surface area contributed by atoms with Gasteiger partial charge >= 0.3 is 0 Å². The van der Waals surface area contributed by atoms with Gasteiger partial charge in [0.05, 0.1) is 6.10 Å². The van der Waals surface area contributed by atoms with E-state index in [1.807, 2.05) is 4.90 Å². The molecule has 1 saturated carbocycles. The summed E-state index contributed by atoms with van der Waals surface area (Å²) >= 11 is 0.